The van der Waals surface area contributed by atoms with Gasteiger partial charge in [-0.15, -0.1) is 0 Å². The van der Waals surface area contributed by atoms with E-state index in [4.69, 9.17) is 0 Å². The molecule has 0 aromatic heterocycles. The number of ketones is 1. The van der Waals surface area contributed by atoms with Gasteiger partial charge in [-0.2, -0.15) is 0 Å². The van der Waals surface area contributed by atoms with E-state index in [0.29, 0.717) is 12.1 Å². The van der Waals surface area contributed by atoms with E-state index < -0.39 is 17.7 Å². The summed E-state index contributed by atoms with van der Waals surface area (Å²) in [7, 11) is 3.96. The third-order valence-corrected chi connectivity index (χ3v) is 5.54. The summed E-state index contributed by atoms with van der Waals surface area (Å²) in [5, 5.41) is 11.1. The van der Waals surface area contributed by atoms with Crippen LogP contribution in [0.4, 0.5) is 0 Å². The molecule has 30 heavy (non-hydrogen) atoms. The van der Waals surface area contributed by atoms with Crippen molar-refractivity contribution in [2.75, 3.05) is 27.2 Å². The van der Waals surface area contributed by atoms with E-state index >= 15 is 0 Å². The fourth-order valence-electron chi connectivity index (χ4n) is 3.91. The number of aliphatic hydroxyl groups is 1. The lowest BCUT2D eigenvalue weighted by Crippen LogP contribution is -2.32. The van der Waals surface area contributed by atoms with Gasteiger partial charge < -0.3 is 14.9 Å². The normalized spacial score (nSPS) is 18.4. The van der Waals surface area contributed by atoms with Crippen LogP contribution in [0.1, 0.15) is 41.6 Å². The first kappa shape index (κ1) is 21.8. The number of benzene rings is 2. The summed E-state index contributed by atoms with van der Waals surface area (Å²) in [4.78, 5) is 29.6. The number of amides is 1. The number of carbonyl (C=O) groups excluding carboxylic acids is 2. The number of hydrogen-bond acceptors (Lipinski definition) is 4. The predicted octanol–water partition coefficient (Wildman–Crippen LogP) is 3.93. The zero-order valence-corrected chi connectivity index (χ0v) is 18.2. The number of aliphatic hydroxyl groups excluding tert-OH is 1. The molecule has 1 N–H and O–H groups in total. The summed E-state index contributed by atoms with van der Waals surface area (Å²) in [5.41, 5.74) is 3.74. The maximum absolute atomic E-state index is 13.0. The lowest BCUT2D eigenvalue weighted by molar-refractivity contribution is -0.139. The summed E-state index contributed by atoms with van der Waals surface area (Å²) in [5.74, 6) is -1.28. The summed E-state index contributed by atoms with van der Waals surface area (Å²) < 4.78 is 0. The van der Waals surface area contributed by atoms with E-state index in [1.54, 1.807) is 17.0 Å². The molecule has 1 atom stereocenters. The Hall–Kier alpha value is -2.92. The molecular formula is C25H30N2O3. The monoisotopic (exact) mass is 406 g/mol. The highest BCUT2D eigenvalue weighted by atomic mass is 16.3. The molecule has 1 saturated heterocycles. The fraction of sp³-hybridized carbons (Fsp3) is 0.360. The molecule has 1 unspecified atom stereocenters. The van der Waals surface area contributed by atoms with E-state index in [0.717, 1.165) is 36.1 Å². The molecule has 0 radical (unpaired) electrons. The Morgan fingerprint density at radius 2 is 1.80 bits per heavy atom. The van der Waals surface area contributed by atoms with Gasteiger partial charge in [-0.25, -0.2) is 0 Å². The van der Waals surface area contributed by atoms with Crippen molar-refractivity contribution in [3.05, 3.63) is 76.4 Å². The largest absolute Gasteiger partial charge is 0.507 e. The average molecular weight is 407 g/mol. The summed E-state index contributed by atoms with van der Waals surface area (Å²) >= 11 is 0. The molecule has 0 bridgehead atoms. The van der Waals surface area contributed by atoms with Crippen LogP contribution >= 0.6 is 0 Å². The van der Waals surface area contributed by atoms with Crippen LogP contribution in [-0.2, 0) is 16.0 Å². The van der Waals surface area contributed by atoms with E-state index in [1.165, 1.54) is 0 Å². The van der Waals surface area contributed by atoms with Gasteiger partial charge in [0, 0.05) is 12.1 Å². The molecule has 1 aliphatic rings. The van der Waals surface area contributed by atoms with Gasteiger partial charge >= 0.3 is 0 Å². The Kier molecular flexibility index (Phi) is 6.73. The Balaban J connectivity index is 2.08. The van der Waals surface area contributed by atoms with Crippen molar-refractivity contribution in [1.29, 1.82) is 0 Å². The molecule has 1 amide bonds. The zero-order valence-electron chi connectivity index (χ0n) is 18.2. The van der Waals surface area contributed by atoms with Crippen molar-refractivity contribution in [2.24, 2.45) is 0 Å². The molecule has 1 fully saturated rings. The molecule has 3 rings (SSSR count). The quantitative estimate of drug-likeness (QED) is 0.430. The van der Waals surface area contributed by atoms with Crippen molar-refractivity contribution in [3.8, 4) is 0 Å². The number of Topliss-reactive ketones (excluding diaryl/α,β-unsaturated/α-hetero) is 1. The zero-order chi connectivity index (χ0) is 21.8. The molecule has 158 valence electrons. The van der Waals surface area contributed by atoms with Gasteiger partial charge in [0.15, 0.2) is 0 Å². The highest BCUT2D eigenvalue weighted by Crippen LogP contribution is 2.39. The minimum absolute atomic E-state index is 0.113. The van der Waals surface area contributed by atoms with Crippen molar-refractivity contribution >= 4 is 17.4 Å². The average Bonchev–Trinajstić information content (AvgIpc) is 2.98. The lowest BCUT2D eigenvalue weighted by Gasteiger charge is -2.26. The van der Waals surface area contributed by atoms with Crippen molar-refractivity contribution < 1.29 is 14.7 Å². The standard InChI is InChI=1S/C25H30N2O3/c1-5-18-10-12-19(13-11-18)23(28)21-22(20-9-6-8-17(2)16-20)27(25(30)24(21)29)15-7-14-26(3)4/h6,8-13,16,22,28H,5,7,14-15H2,1-4H3/b23-21-. The van der Waals surface area contributed by atoms with Gasteiger partial charge in [-0.3, -0.25) is 9.59 Å². The molecular weight excluding hydrogens is 376 g/mol. The van der Waals surface area contributed by atoms with Gasteiger partial charge in [0.1, 0.15) is 5.76 Å². The van der Waals surface area contributed by atoms with Gasteiger partial charge in [0.05, 0.1) is 11.6 Å². The number of hydrogen-bond donors (Lipinski definition) is 1. The van der Waals surface area contributed by atoms with E-state index in [9.17, 15) is 14.7 Å². The second kappa shape index (κ2) is 9.26. The maximum Gasteiger partial charge on any atom is 0.295 e. The number of likely N-dealkylation sites (tertiary alicyclic amines) is 1. The van der Waals surface area contributed by atoms with Crippen LogP contribution in [0, 0.1) is 6.92 Å². The predicted molar refractivity (Wildman–Crippen MR) is 119 cm³/mol. The lowest BCUT2D eigenvalue weighted by atomic mass is 9.94. The third-order valence-electron chi connectivity index (χ3n) is 5.54. The maximum atomic E-state index is 13.0. The smallest absolute Gasteiger partial charge is 0.295 e. The Morgan fingerprint density at radius 3 is 2.40 bits per heavy atom. The molecule has 1 heterocycles. The fourth-order valence-corrected chi connectivity index (χ4v) is 3.91. The third kappa shape index (κ3) is 4.46. The van der Waals surface area contributed by atoms with Crippen LogP contribution < -0.4 is 0 Å². The number of carbonyl (C=O) groups is 2. The summed E-state index contributed by atoms with van der Waals surface area (Å²) in [6, 6.07) is 14.7. The van der Waals surface area contributed by atoms with Crippen LogP contribution in [0.5, 0.6) is 0 Å². The topological polar surface area (TPSA) is 60.9 Å². The minimum atomic E-state index is -0.622. The van der Waals surface area contributed by atoms with E-state index in [2.05, 4.69) is 6.92 Å². The summed E-state index contributed by atoms with van der Waals surface area (Å²) in [6.07, 6.45) is 1.63. The van der Waals surface area contributed by atoms with E-state index in [1.807, 2.05) is 62.3 Å². The second-order valence-corrected chi connectivity index (χ2v) is 8.11. The Morgan fingerprint density at radius 1 is 1.10 bits per heavy atom. The Bertz CT molecular complexity index is 961. The molecule has 2 aromatic rings. The molecule has 0 saturated carbocycles. The minimum Gasteiger partial charge on any atom is -0.507 e. The van der Waals surface area contributed by atoms with Gasteiger partial charge in [-0.05, 0) is 51.5 Å². The number of rotatable bonds is 7. The van der Waals surface area contributed by atoms with Crippen molar-refractivity contribution in [3.63, 3.8) is 0 Å². The number of aryl methyl sites for hydroxylation is 2. The van der Waals surface area contributed by atoms with Crippen molar-refractivity contribution in [2.45, 2.75) is 32.7 Å². The van der Waals surface area contributed by atoms with Gasteiger partial charge in [-0.1, -0.05) is 61.0 Å². The molecule has 5 heteroatoms. The number of nitrogens with zero attached hydrogens (tertiary/aromatic N) is 2. The first-order valence-corrected chi connectivity index (χ1v) is 10.4. The van der Waals surface area contributed by atoms with Crippen LogP contribution in [-0.4, -0.2) is 53.8 Å². The van der Waals surface area contributed by atoms with Crippen LogP contribution in [0.3, 0.4) is 0 Å². The second-order valence-electron chi connectivity index (χ2n) is 8.11. The van der Waals surface area contributed by atoms with Crippen LogP contribution in [0.15, 0.2) is 54.1 Å². The first-order valence-electron chi connectivity index (χ1n) is 10.4. The van der Waals surface area contributed by atoms with E-state index in [-0.39, 0.29) is 11.3 Å². The molecule has 0 aliphatic carbocycles. The van der Waals surface area contributed by atoms with Gasteiger partial charge in [0.2, 0.25) is 0 Å². The Labute approximate surface area is 178 Å². The molecule has 5 nitrogen and oxygen atoms in total. The molecule has 1 aliphatic heterocycles. The molecule has 2 aromatic carbocycles. The summed E-state index contributed by atoms with van der Waals surface area (Å²) in [6.45, 7) is 5.30. The highest BCUT2D eigenvalue weighted by molar-refractivity contribution is 6.46. The molecule has 0 spiro atoms. The van der Waals surface area contributed by atoms with Crippen LogP contribution in [0.2, 0.25) is 0 Å². The van der Waals surface area contributed by atoms with Crippen molar-refractivity contribution in [1.82, 2.24) is 9.80 Å². The highest BCUT2D eigenvalue weighted by Gasteiger charge is 2.45. The van der Waals surface area contributed by atoms with Gasteiger partial charge in [0.25, 0.3) is 11.7 Å². The van der Waals surface area contributed by atoms with Crippen LogP contribution in [0.25, 0.3) is 5.76 Å². The SMILES string of the molecule is CCc1ccc(/C(O)=C2/C(=O)C(=O)N(CCCN(C)C)C2c2cccc(C)c2)cc1. The first-order chi connectivity index (χ1) is 14.3.